The van der Waals surface area contributed by atoms with Gasteiger partial charge in [-0.15, -0.1) is 0 Å². The van der Waals surface area contributed by atoms with Crippen LogP contribution in [0.2, 0.25) is 0 Å². The van der Waals surface area contributed by atoms with Gasteiger partial charge in [0.05, 0.1) is 14.2 Å². The van der Waals surface area contributed by atoms with Crippen LogP contribution in [0.5, 0.6) is 17.2 Å². The van der Waals surface area contributed by atoms with E-state index in [1.807, 2.05) is 25.1 Å². The third kappa shape index (κ3) is 4.66. The summed E-state index contributed by atoms with van der Waals surface area (Å²) >= 11 is 0. The summed E-state index contributed by atoms with van der Waals surface area (Å²) in [5.41, 5.74) is 7.32. The third-order valence-electron chi connectivity index (χ3n) is 3.64. The van der Waals surface area contributed by atoms with Crippen molar-refractivity contribution in [1.82, 2.24) is 0 Å². The Morgan fingerprint density at radius 1 is 1.04 bits per heavy atom. The molecule has 0 bridgehead atoms. The van der Waals surface area contributed by atoms with Crippen molar-refractivity contribution in [2.45, 2.75) is 20.0 Å². The summed E-state index contributed by atoms with van der Waals surface area (Å²) in [6, 6.07) is 12.4. The highest BCUT2D eigenvalue weighted by atomic mass is 16.7. The van der Waals surface area contributed by atoms with E-state index in [9.17, 15) is 4.79 Å². The molecular formula is C19H22N2O5. The number of amidine groups is 1. The maximum Gasteiger partial charge on any atom is 0.374 e. The molecule has 0 fully saturated rings. The molecule has 2 aromatic carbocycles. The molecule has 2 aromatic rings. The van der Waals surface area contributed by atoms with Crippen molar-refractivity contribution >= 4 is 11.8 Å². The largest absolute Gasteiger partial charge is 0.493 e. The molecule has 0 radical (unpaired) electrons. The molecule has 0 saturated carbocycles. The molecule has 0 spiro atoms. The second-order valence-corrected chi connectivity index (χ2v) is 5.48. The number of carbonyl (C=O) groups excluding carboxylic acids is 1. The van der Waals surface area contributed by atoms with Gasteiger partial charge in [0, 0.05) is 5.56 Å². The minimum atomic E-state index is -0.835. The van der Waals surface area contributed by atoms with Crippen LogP contribution in [0.15, 0.2) is 47.6 Å². The van der Waals surface area contributed by atoms with E-state index in [1.165, 1.54) is 14.2 Å². The summed E-state index contributed by atoms with van der Waals surface area (Å²) in [6.45, 7) is 3.47. The van der Waals surface area contributed by atoms with Gasteiger partial charge in [0.15, 0.2) is 23.4 Å². The van der Waals surface area contributed by atoms with Gasteiger partial charge in [0.1, 0.15) is 5.75 Å². The first-order valence-corrected chi connectivity index (χ1v) is 7.95. The Kier molecular flexibility index (Phi) is 6.43. The number of nitrogens with two attached hydrogens (primary N) is 1. The predicted molar refractivity (Wildman–Crippen MR) is 97.6 cm³/mol. The number of hydrogen-bond acceptors (Lipinski definition) is 6. The van der Waals surface area contributed by atoms with Crippen molar-refractivity contribution in [2.75, 3.05) is 14.2 Å². The minimum Gasteiger partial charge on any atom is -0.493 e. The van der Waals surface area contributed by atoms with Crippen molar-refractivity contribution in [3.05, 3.63) is 53.6 Å². The van der Waals surface area contributed by atoms with Crippen molar-refractivity contribution in [3.63, 3.8) is 0 Å². The molecule has 1 unspecified atom stereocenters. The normalized spacial score (nSPS) is 12.2. The summed E-state index contributed by atoms with van der Waals surface area (Å²) < 4.78 is 16.0. The van der Waals surface area contributed by atoms with Gasteiger partial charge in [0.2, 0.25) is 0 Å². The molecule has 0 heterocycles. The Morgan fingerprint density at radius 2 is 1.73 bits per heavy atom. The molecule has 0 aromatic heterocycles. The first-order valence-electron chi connectivity index (χ1n) is 7.95. The number of nitrogens with zero attached hydrogens (tertiary/aromatic N) is 1. The lowest BCUT2D eigenvalue weighted by Crippen LogP contribution is -2.26. The maximum atomic E-state index is 12.1. The van der Waals surface area contributed by atoms with Gasteiger partial charge >= 0.3 is 5.97 Å². The number of hydrogen-bond donors (Lipinski definition) is 1. The summed E-state index contributed by atoms with van der Waals surface area (Å²) in [5.74, 6) is 1.03. The third-order valence-corrected chi connectivity index (χ3v) is 3.64. The van der Waals surface area contributed by atoms with Gasteiger partial charge in [0.25, 0.3) is 0 Å². The molecule has 7 nitrogen and oxygen atoms in total. The van der Waals surface area contributed by atoms with E-state index < -0.39 is 12.1 Å². The average Bonchev–Trinajstić information content (AvgIpc) is 2.66. The molecule has 0 aliphatic carbocycles. The molecule has 2 N–H and O–H groups in total. The Hall–Kier alpha value is -3.22. The fourth-order valence-electron chi connectivity index (χ4n) is 2.14. The monoisotopic (exact) mass is 358 g/mol. The van der Waals surface area contributed by atoms with E-state index in [2.05, 4.69) is 5.16 Å². The number of para-hydroxylation sites is 1. The minimum absolute atomic E-state index is 0.0300. The Bertz CT molecular complexity index is 804. The molecular weight excluding hydrogens is 336 g/mol. The first kappa shape index (κ1) is 19.1. The van der Waals surface area contributed by atoms with Crippen LogP contribution in [0.1, 0.15) is 18.1 Å². The fourth-order valence-corrected chi connectivity index (χ4v) is 2.14. The zero-order valence-corrected chi connectivity index (χ0v) is 15.2. The molecule has 138 valence electrons. The van der Waals surface area contributed by atoms with Crippen LogP contribution in [0, 0.1) is 6.92 Å². The average molecular weight is 358 g/mol. The number of oxime groups is 1. The van der Waals surface area contributed by atoms with Gasteiger partial charge in [-0.1, -0.05) is 23.4 Å². The molecule has 0 aliphatic heterocycles. The lowest BCUT2D eigenvalue weighted by molar-refractivity contribution is -0.151. The van der Waals surface area contributed by atoms with E-state index in [1.54, 1.807) is 31.2 Å². The van der Waals surface area contributed by atoms with Gasteiger partial charge in [-0.05, 0) is 43.7 Å². The standard InChI is InChI=1S/C19H22N2O5/c1-12-7-5-6-8-15(12)25-13(2)19(22)26-21-18(20)14-9-10-16(23-3)17(11-14)24-4/h5-11,13H,1-4H3,(H2,20,21). The van der Waals surface area contributed by atoms with Gasteiger partial charge < -0.3 is 24.8 Å². The predicted octanol–water partition coefficient (Wildman–Crippen LogP) is 2.64. The second-order valence-electron chi connectivity index (χ2n) is 5.48. The zero-order valence-electron chi connectivity index (χ0n) is 15.2. The topological polar surface area (TPSA) is 92.4 Å². The molecule has 26 heavy (non-hydrogen) atoms. The highest BCUT2D eigenvalue weighted by molar-refractivity contribution is 5.98. The van der Waals surface area contributed by atoms with Crippen LogP contribution in [0.4, 0.5) is 0 Å². The summed E-state index contributed by atoms with van der Waals surface area (Å²) in [6.07, 6.45) is -0.835. The molecule has 0 aliphatic rings. The van der Waals surface area contributed by atoms with E-state index >= 15 is 0 Å². The Balaban J connectivity index is 2.03. The van der Waals surface area contributed by atoms with Crippen molar-refractivity contribution in [1.29, 1.82) is 0 Å². The SMILES string of the molecule is COc1ccc(/C(N)=N/OC(=O)C(C)Oc2ccccc2C)cc1OC. The van der Waals surface area contributed by atoms with Crippen LogP contribution < -0.4 is 19.9 Å². The van der Waals surface area contributed by atoms with Crippen molar-refractivity contribution in [3.8, 4) is 17.2 Å². The van der Waals surface area contributed by atoms with Gasteiger partial charge in [-0.25, -0.2) is 4.79 Å². The van der Waals surface area contributed by atoms with Crippen molar-refractivity contribution in [2.24, 2.45) is 10.9 Å². The quantitative estimate of drug-likeness (QED) is 0.354. The number of benzene rings is 2. The van der Waals surface area contributed by atoms with E-state index in [4.69, 9.17) is 24.8 Å². The van der Waals surface area contributed by atoms with Crippen LogP contribution >= 0.6 is 0 Å². The summed E-state index contributed by atoms with van der Waals surface area (Å²) in [7, 11) is 3.05. The number of ether oxygens (including phenoxy) is 3. The van der Waals surface area contributed by atoms with Gasteiger partial charge in [-0.2, -0.15) is 0 Å². The number of carbonyl (C=O) groups is 1. The van der Waals surface area contributed by atoms with E-state index in [0.717, 1.165) is 5.56 Å². The number of aryl methyl sites for hydroxylation is 1. The van der Waals surface area contributed by atoms with E-state index in [-0.39, 0.29) is 5.84 Å². The Labute approximate surface area is 152 Å². The van der Waals surface area contributed by atoms with Gasteiger partial charge in [-0.3, -0.25) is 0 Å². The van der Waals surface area contributed by atoms with Crippen LogP contribution in [-0.2, 0) is 9.63 Å². The maximum absolute atomic E-state index is 12.1. The molecule has 7 heteroatoms. The highest BCUT2D eigenvalue weighted by Gasteiger charge is 2.18. The second kappa shape index (κ2) is 8.75. The highest BCUT2D eigenvalue weighted by Crippen LogP contribution is 2.27. The van der Waals surface area contributed by atoms with E-state index in [0.29, 0.717) is 22.8 Å². The molecule has 0 amide bonds. The zero-order chi connectivity index (χ0) is 19.1. The number of rotatable bonds is 7. The van der Waals surface area contributed by atoms with Crippen LogP contribution in [0.25, 0.3) is 0 Å². The van der Waals surface area contributed by atoms with Crippen LogP contribution in [0.3, 0.4) is 0 Å². The first-order chi connectivity index (χ1) is 12.5. The lowest BCUT2D eigenvalue weighted by atomic mass is 10.2. The Morgan fingerprint density at radius 3 is 2.38 bits per heavy atom. The van der Waals surface area contributed by atoms with Crippen molar-refractivity contribution < 1.29 is 23.8 Å². The summed E-state index contributed by atoms with van der Waals surface area (Å²) in [5, 5.41) is 3.68. The van der Waals surface area contributed by atoms with Crippen LogP contribution in [-0.4, -0.2) is 32.1 Å². The number of methoxy groups -OCH3 is 2. The lowest BCUT2D eigenvalue weighted by Gasteiger charge is -2.13. The summed E-state index contributed by atoms with van der Waals surface area (Å²) in [4.78, 5) is 17.0. The smallest absolute Gasteiger partial charge is 0.374 e. The molecule has 2 rings (SSSR count). The molecule has 0 saturated heterocycles. The fraction of sp³-hybridized carbons (Fsp3) is 0.263. The molecule has 1 atom stereocenters.